The minimum atomic E-state index is -0.774. The highest BCUT2D eigenvalue weighted by molar-refractivity contribution is 9.10. The second kappa shape index (κ2) is 8.15. The molecule has 1 saturated heterocycles. The Bertz CT molecular complexity index is 660. The zero-order valence-corrected chi connectivity index (χ0v) is 14.3. The third kappa shape index (κ3) is 4.48. The van der Waals surface area contributed by atoms with Crippen LogP contribution in [0.25, 0.3) is 0 Å². The third-order valence-electron chi connectivity index (χ3n) is 3.72. The van der Waals surface area contributed by atoms with Crippen LogP contribution in [0, 0.1) is 20.2 Å². The van der Waals surface area contributed by atoms with Crippen molar-refractivity contribution in [2.45, 2.75) is 31.8 Å². The predicted octanol–water partition coefficient (Wildman–Crippen LogP) is 2.95. The number of ether oxygens (including phenoxy) is 1. The van der Waals surface area contributed by atoms with E-state index in [0.717, 1.165) is 31.4 Å². The van der Waals surface area contributed by atoms with Gasteiger partial charge in [-0.1, -0.05) is 0 Å². The van der Waals surface area contributed by atoms with E-state index in [-0.39, 0.29) is 16.1 Å². The van der Waals surface area contributed by atoms with Crippen LogP contribution < -0.4 is 5.32 Å². The number of nitro benzene ring substituents is 2. The Kier molecular flexibility index (Phi) is 6.21. The van der Waals surface area contributed by atoms with Crippen LogP contribution in [0.1, 0.15) is 36.0 Å². The first-order chi connectivity index (χ1) is 11.4. The molecule has 1 N–H and O–H groups in total. The second-order valence-corrected chi connectivity index (χ2v) is 6.17. The number of nitrogens with one attached hydrogen (secondary N) is 1. The van der Waals surface area contributed by atoms with Gasteiger partial charge in [-0.15, -0.1) is 0 Å². The van der Waals surface area contributed by atoms with Gasteiger partial charge in [-0.2, -0.15) is 0 Å². The monoisotopic (exact) mass is 401 g/mol. The summed E-state index contributed by atoms with van der Waals surface area (Å²) < 4.78 is 5.47. The second-order valence-electron chi connectivity index (χ2n) is 5.37. The molecule has 1 atom stereocenters. The lowest BCUT2D eigenvalue weighted by Gasteiger charge is -2.22. The van der Waals surface area contributed by atoms with E-state index < -0.39 is 27.1 Å². The van der Waals surface area contributed by atoms with Crippen molar-refractivity contribution < 1.29 is 19.4 Å². The molecule has 9 nitrogen and oxygen atoms in total. The van der Waals surface area contributed by atoms with Gasteiger partial charge in [0.2, 0.25) is 0 Å². The molecule has 10 heteroatoms. The van der Waals surface area contributed by atoms with Crippen LogP contribution in [0.4, 0.5) is 11.4 Å². The van der Waals surface area contributed by atoms with Crippen LogP contribution in [0.5, 0.6) is 0 Å². The molecule has 1 fully saturated rings. The molecule has 1 heterocycles. The number of carbonyl (C=O) groups is 1. The SMILES string of the molecule is O=C(NCCC1CCCCO1)c1cc([N+](=O)[O-])cc([N+](=O)[O-])c1Br. The van der Waals surface area contributed by atoms with Gasteiger partial charge in [0, 0.05) is 19.2 Å². The summed E-state index contributed by atoms with van der Waals surface area (Å²) in [6.07, 6.45) is 3.76. The molecule has 130 valence electrons. The van der Waals surface area contributed by atoms with Crippen LogP contribution in [0.15, 0.2) is 16.6 Å². The van der Waals surface area contributed by atoms with Gasteiger partial charge in [0.1, 0.15) is 4.47 Å². The summed E-state index contributed by atoms with van der Waals surface area (Å²) in [5.41, 5.74) is -1.17. The minimum absolute atomic E-state index is 0.0792. The van der Waals surface area contributed by atoms with Crippen LogP contribution in [0.2, 0.25) is 0 Å². The molecule has 0 radical (unpaired) electrons. The van der Waals surface area contributed by atoms with E-state index in [2.05, 4.69) is 21.2 Å². The number of hydrogen-bond donors (Lipinski definition) is 1. The number of rotatable bonds is 6. The molecule has 0 spiro atoms. The van der Waals surface area contributed by atoms with Crippen molar-refractivity contribution in [1.29, 1.82) is 0 Å². The number of nitro groups is 2. The van der Waals surface area contributed by atoms with E-state index in [1.54, 1.807) is 0 Å². The predicted molar refractivity (Wildman–Crippen MR) is 88.0 cm³/mol. The highest BCUT2D eigenvalue weighted by atomic mass is 79.9. The molecule has 1 amide bonds. The molecule has 1 aliphatic heterocycles. The summed E-state index contributed by atoms with van der Waals surface area (Å²) in [4.78, 5) is 32.6. The number of halogens is 1. The fraction of sp³-hybridized carbons (Fsp3) is 0.500. The smallest absolute Gasteiger partial charge is 0.291 e. The molecule has 0 bridgehead atoms. The van der Waals surface area contributed by atoms with Gasteiger partial charge in [-0.25, -0.2) is 0 Å². The van der Waals surface area contributed by atoms with Crippen molar-refractivity contribution in [3.8, 4) is 0 Å². The van der Waals surface area contributed by atoms with E-state index in [0.29, 0.717) is 19.6 Å². The van der Waals surface area contributed by atoms with Gasteiger partial charge >= 0.3 is 0 Å². The maximum Gasteiger partial charge on any atom is 0.291 e. The zero-order chi connectivity index (χ0) is 17.7. The van der Waals surface area contributed by atoms with Crippen molar-refractivity contribution in [2.24, 2.45) is 0 Å². The number of benzene rings is 1. The number of hydrogen-bond acceptors (Lipinski definition) is 6. The van der Waals surface area contributed by atoms with Gasteiger partial charge in [0.05, 0.1) is 27.6 Å². The van der Waals surface area contributed by atoms with Crippen LogP contribution in [-0.2, 0) is 4.74 Å². The molecule has 1 aromatic rings. The highest BCUT2D eigenvalue weighted by Crippen LogP contribution is 2.33. The standard InChI is InChI=1S/C14H16BrN3O6/c15-13-11(7-9(17(20)21)8-12(13)18(22)23)14(19)16-5-4-10-3-1-2-6-24-10/h7-8,10H,1-6H2,(H,16,19). The van der Waals surface area contributed by atoms with E-state index in [1.165, 1.54) is 0 Å². The summed E-state index contributed by atoms with van der Waals surface area (Å²) >= 11 is 2.98. The Hall–Kier alpha value is -2.07. The topological polar surface area (TPSA) is 125 Å². The Balaban J connectivity index is 2.09. The van der Waals surface area contributed by atoms with Crippen LogP contribution >= 0.6 is 15.9 Å². The molecule has 0 aromatic heterocycles. The first kappa shape index (κ1) is 18.3. The van der Waals surface area contributed by atoms with Crippen molar-refractivity contribution in [2.75, 3.05) is 13.2 Å². The fourth-order valence-electron chi connectivity index (χ4n) is 2.47. The first-order valence-corrected chi connectivity index (χ1v) is 8.21. The molecule has 24 heavy (non-hydrogen) atoms. The van der Waals surface area contributed by atoms with Crippen molar-refractivity contribution >= 4 is 33.2 Å². The van der Waals surface area contributed by atoms with Gasteiger partial charge in [-0.3, -0.25) is 25.0 Å². The Morgan fingerprint density at radius 2 is 2.04 bits per heavy atom. The van der Waals surface area contributed by atoms with Crippen molar-refractivity contribution in [3.63, 3.8) is 0 Å². The van der Waals surface area contributed by atoms with Gasteiger partial charge < -0.3 is 10.1 Å². The van der Waals surface area contributed by atoms with E-state index in [9.17, 15) is 25.0 Å². The normalized spacial score (nSPS) is 17.3. The van der Waals surface area contributed by atoms with Gasteiger partial charge in [-0.05, 0) is 41.6 Å². The molecular weight excluding hydrogens is 386 g/mol. The zero-order valence-electron chi connectivity index (χ0n) is 12.7. The highest BCUT2D eigenvalue weighted by Gasteiger charge is 2.26. The lowest BCUT2D eigenvalue weighted by atomic mass is 10.1. The maximum absolute atomic E-state index is 12.2. The number of nitrogens with zero attached hydrogens (tertiary/aromatic N) is 2. The van der Waals surface area contributed by atoms with Crippen LogP contribution in [0.3, 0.4) is 0 Å². The summed E-state index contributed by atoms with van der Waals surface area (Å²) in [6, 6.07) is 1.83. The average molecular weight is 402 g/mol. The number of amides is 1. The molecule has 2 rings (SSSR count). The summed E-state index contributed by atoms with van der Waals surface area (Å²) in [5.74, 6) is -0.607. The largest absolute Gasteiger partial charge is 0.378 e. The molecule has 1 aliphatic rings. The van der Waals surface area contributed by atoms with Crippen LogP contribution in [-0.4, -0.2) is 35.0 Å². The van der Waals surface area contributed by atoms with Gasteiger partial charge in [0.15, 0.2) is 0 Å². The van der Waals surface area contributed by atoms with E-state index >= 15 is 0 Å². The Labute approximate surface area is 145 Å². The fourth-order valence-corrected chi connectivity index (χ4v) is 3.03. The Morgan fingerprint density at radius 3 is 2.62 bits per heavy atom. The first-order valence-electron chi connectivity index (χ1n) is 7.42. The lowest BCUT2D eigenvalue weighted by molar-refractivity contribution is -0.394. The summed E-state index contributed by atoms with van der Waals surface area (Å²) in [5, 5.41) is 24.5. The minimum Gasteiger partial charge on any atom is -0.378 e. The van der Waals surface area contributed by atoms with Gasteiger partial charge in [0.25, 0.3) is 17.3 Å². The maximum atomic E-state index is 12.2. The molecule has 0 aliphatic carbocycles. The summed E-state index contributed by atoms with van der Waals surface area (Å²) in [6.45, 7) is 1.04. The van der Waals surface area contributed by atoms with E-state index in [4.69, 9.17) is 4.74 Å². The average Bonchev–Trinajstić information content (AvgIpc) is 2.55. The van der Waals surface area contributed by atoms with E-state index in [1.807, 2.05) is 0 Å². The number of carbonyl (C=O) groups excluding carboxylic acids is 1. The lowest BCUT2D eigenvalue weighted by Crippen LogP contribution is -2.29. The third-order valence-corrected chi connectivity index (χ3v) is 4.55. The summed E-state index contributed by atoms with van der Waals surface area (Å²) in [7, 11) is 0. The molecule has 0 saturated carbocycles. The van der Waals surface area contributed by atoms with Crippen molar-refractivity contribution in [1.82, 2.24) is 5.32 Å². The molecule has 1 aromatic carbocycles. The molecule has 1 unspecified atom stereocenters. The quantitative estimate of drug-likeness (QED) is 0.576. The number of non-ortho nitro benzene ring substituents is 1. The van der Waals surface area contributed by atoms with Crippen molar-refractivity contribution in [3.05, 3.63) is 42.4 Å². The molecular formula is C14H16BrN3O6. The Morgan fingerprint density at radius 1 is 1.29 bits per heavy atom.